The third kappa shape index (κ3) is 2.26. The molecule has 88 valence electrons. The summed E-state index contributed by atoms with van der Waals surface area (Å²) in [6.45, 7) is 1.82. The number of carbonyl (C=O) groups is 1. The molecule has 0 saturated heterocycles. The van der Waals surface area contributed by atoms with Crippen LogP contribution < -0.4 is 0 Å². The fraction of sp³-hybridized carbons (Fsp3) is 0.200. The van der Waals surface area contributed by atoms with Crippen LogP contribution in [0.3, 0.4) is 0 Å². The number of nitrogens with zero attached hydrogens (tertiary/aromatic N) is 4. The zero-order valence-corrected chi connectivity index (χ0v) is 9.72. The van der Waals surface area contributed by atoms with Crippen molar-refractivity contribution in [3.63, 3.8) is 0 Å². The minimum Gasteiger partial charge on any atom is -0.481 e. The first-order valence-corrected chi connectivity index (χ1v) is 5.22. The Morgan fingerprint density at radius 2 is 2.29 bits per heavy atom. The molecule has 0 aliphatic heterocycles. The van der Waals surface area contributed by atoms with Crippen LogP contribution in [0.4, 0.5) is 0 Å². The average Bonchev–Trinajstić information content (AvgIpc) is 2.69. The van der Waals surface area contributed by atoms with Gasteiger partial charge < -0.3 is 5.11 Å². The van der Waals surface area contributed by atoms with Crippen LogP contribution in [0.15, 0.2) is 18.2 Å². The summed E-state index contributed by atoms with van der Waals surface area (Å²) in [6.07, 6.45) is -0.237. The van der Waals surface area contributed by atoms with Crippen molar-refractivity contribution in [2.24, 2.45) is 0 Å². The maximum atomic E-state index is 10.7. The van der Waals surface area contributed by atoms with Gasteiger partial charge in [0.2, 0.25) is 0 Å². The van der Waals surface area contributed by atoms with Gasteiger partial charge in [-0.3, -0.25) is 4.79 Å². The molecular weight excluding hydrogens is 244 g/mol. The summed E-state index contributed by atoms with van der Waals surface area (Å²) >= 11 is 5.99. The van der Waals surface area contributed by atoms with Gasteiger partial charge in [0, 0.05) is 5.02 Å². The van der Waals surface area contributed by atoms with E-state index in [9.17, 15) is 4.79 Å². The highest BCUT2D eigenvalue weighted by atomic mass is 35.5. The van der Waals surface area contributed by atoms with Crippen molar-refractivity contribution < 1.29 is 9.90 Å². The normalized spacial score (nSPS) is 10.5. The quantitative estimate of drug-likeness (QED) is 0.889. The van der Waals surface area contributed by atoms with Crippen LogP contribution in [0.2, 0.25) is 5.02 Å². The van der Waals surface area contributed by atoms with Crippen LogP contribution in [-0.2, 0) is 11.2 Å². The van der Waals surface area contributed by atoms with Gasteiger partial charge in [-0.2, -0.15) is 4.68 Å². The van der Waals surface area contributed by atoms with Gasteiger partial charge in [-0.05, 0) is 35.0 Å². The summed E-state index contributed by atoms with van der Waals surface area (Å²) in [7, 11) is 0. The van der Waals surface area contributed by atoms with Gasteiger partial charge in [0.15, 0.2) is 5.82 Å². The lowest BCUT2D eigenvalue weighted by atomic mass is 10.2. The molecular formula is C10H9ClN4O2. The molecule has 0 aliphatic rings. The lowest BCUT2D eigenvalue weighted by Crippen LogP contribution is -2.10. The number of tetrazole rings is 1. The van der Waals surface area contributed by atoms with Gasteiger partial charge in [0.1, 0.15) is 6.42 Å². The summed E-state index contributed by atoms with van der Waals surface area (Å²) in [5.41, 5.74) is 1.48. The van der Waals surface area contributed by atoms with Crippen LogP contribution in [-0.4, -0.2) is 31.3 Å². The number of carboxylic acid groups (broad SMARTS) is 1. The standard InChI is InChI=1S/C10H9ClN4O2/c1-6-7(11)3-2-4-8(6)15-9(5-10(16)17)12-13-14-15/h2-4H,5H2,1H3,(H,16,17). The highest BCUT2D eigenvalue weighted by Gasteiger charge is 2.14. The van der Waals surface area contributed by atoms with E-state index in [4.69, 9.17) is 16.7 Å². The molecule has 0 radical (unpaired) electrons. The Bertz CT molecular complexity index is 567. The average molecular weight is 253 g/mol. The van der Waals surface area contributed by atoms with Crippen molar-refractivity contribution in [2.75, 3.05) is 0 Å². The van der Waals surface area contributed by atoms with Crippen molar-refractivity contribution in [3.05, 3.63) is 34.6 Å². The molecule has 0 spiro atoms. The predicted octanol–water partition coefficient (Wildman–Crippen LogP) is 1.25. The molecule has 1 aromatic carbocycles. The second-order valence-electron chi connectivity index (χ2n) is 3.46. The van der Waals surface area contributed by atoms with Crippen molar-refractivity contribution in [2.45, 2.75) is 13.3 Å². The molecule has 0 atom stereocenters. The summed E-state index contributed by atoms with van der Waals surface area (Å²) in [4.78, 5) is 10.7. The second-order valence-corrected chi connectivity index (χ2v) is 3.87. The number of aromatic nitrogens is 4. The van der Waals surface area contributed by atoms with E-state index in [0.717, 1.165) is 5.56 Å². The van der Waals surface area contributed by atoms with E-state index >= 15 is 0 Å². The molecule has 0 aliphatic carbocycles. The van der Waals surface area contributed by atoms with Crippen molar-refractivity contribution in [1.82, 2.24) is 20.2 Å². The Kier molecular flexibility index (Phi) is 3.06. The monoisotopic (exact) mass is 252 g/mol. The minimum absolute atomic E-state index is 0.237. The smallest absolute Gasteiger partial charge is 0.311 e. The Balaban J connectivity index is 2.50. The molecule has 1 N–H and O–H groups in total. The first kappa shape index (κ1) is 11.5. The molecule has 1 aromatic heterocycles. The number of carboxylic acids is 1. The van der Waals surface area contributed by atoms with E-state index < -0.39 is 5.97 Å². The van der Waals surface area contributed by atoms with Crippen molar-refractivity contribution >= 4 is 17.6 Å². The third-order valence-corrected chi connectivity index (χ3v) is 2.72. The van der Waals surface area contributed by atoms with E-state index in [0.29, 0.717) is 10.7 Å². The lowest BCUT2D eigenvalue weighted by Gasteiger charge is -2.07. The van der Waals surface area contributed by atoms with Gasteiger partial charge >= 0.3 is 5.97 Å². The molecule has 6 nitrogen and oxygen atoms in total. The highest BCUT2D eigenvalue weighted by molar-refractivity contribution is 6.31. The lowest BCUT2D eigenvalue weighted by molar-refractivity contribution is -0.136. The van der Waals surface area contributed by atoms with Gasteiger partial charge in [0.05, 0.1) is 5.69 Å². The maximum absolute atomic E-state index is 10.7. The summed E-state index contributed by atoms with van der Waals surface area (Å²) < 4.78 is 1.38. The molecule has 0 bridgehead atoms. The Hall–Kier alpha value is -1.95. The fourth-order valence-corrected chi connectivity index (χ4v) is 1.63. The van der Waals surface area contributed by atoms with E-state index in [1.165, 1.54) is 4.68 Å². The zero-order chi connectivity index (χ0) is 12.4. The van der Waals surface area contributed by atoms with E-state index in [1.807, 2.05) is 6.92 Å². The number of aliphatic carboxylic acids is 1. The molecule has 2 aromatic rings. The summed E-state index contributed by atoms with van der Waals surface area (Å²) in [6, 6.07) is 5.29. The molecule has 0 fully saturated rings. The summed E-state index contributed by atoms with van der Waals surface area (Å²) in [5, 5.41) is 20.3. The van der Waals surface area contributed by atoms with Gasteiger partial charge in [-0.25, -0.2) is 0 Å². The number of hydrogen-bond acceptors (Lipinski definition) is 4. The van der Waals surface area contributed by atoms with Gasteiger partial charge in [-0.1, -0.05) is 17.7 Å². The van der Waals surface area contributed by atoms with Crippen LogP contribution in [0.5, 0.6) is 0 Å². The Morgan fingerprint density at radius 1 is 1.53 bits per heavy atom. The van der Waals surface area contributed by atoms with Crippen molar-refractivity contribution in [1.29, 1.82) is 0 Å². The highest BCUT2D eigenvalue weighted by Crippen LogP contribution is 2.21. The number of halogens is 1. The molecule has 1 heterocycles. The Morgan fingerprint density at radius 3 is 3.00 bits per heavy atom. The van der Waals surface area contributed by atoms with E-state index in [1.54, 1.807) is 18.2 Å². The van der Waals surface area contributed by atoms with Crippen LogP contribution in [0, 0.1) is 6.92 Å². The van der Waals surface area contributed by atoms with Crippen LogP contribution in [0.25, 0.3) is 5.69 Å². The first-order chi connectivity index (χ1) is 8.09. The maximum Gasteiger partial charge on any atom is 0.311 e. The van der Waals surface area contributed by atoms with Gasteiger partial charge in [0.25, 0.3) is 0 Å². The zero-order valence-electron chi connectivity index (χ0n) is 8.96. The molecule has 7 heteroatoms. The molecule has 2 rings (SSSR count). The predicted molar refractivity (Wildman–Crippen MR) is 60.2 cm³/mol. The second kappa shape index (κ2) is 4.50. The van der Waals surface area contributed by atoms with Gasteiger partial charge in [-0.15, -0.1) is 5.10 Å². The largest absolute Gasteiger partial charge is 0.481 e. The van der Waals surface area contributed by atoms with E-state index in [2.05, 4.69) is 15.5 Å². The van der Waals surface area contributed by atoms with Crippen LogP contribution in [0.1, 0.15) is 11.4 Å². The number of rotatable bonds is 3. The van der Waals surface area contributed by atoms with E-state index in [-0.39, 0.29) is 12.2 Å². The Labute approximate surface area is 102 Å². The van der Waals surface area contributed by atoms with Crippen molar-refractivity contribution in [3.8, 4) is 5.69 Å². The topological polar surface area (TPSA) is 80.9 Å². The third-order valence-electron chi connectivity index (χ3n) is 2.31. The molecule has 17 heavy (non-hydrogen) atoms. The van der Waals surface area contributed by atoms with Crippen LogP contribution >= 0.6 is 11.6 Å². The number of hydrogen-bond donors (Lipinski definition) is 1. The fourth-order valence-electron chi connectivity index (χ4n) is 1.46. The molecule has 0 saturated carbocycles. The number of benzene rings is 1. The first-order valence-electron chi connectivity index (χ1n) is 4.84. The minimum atomic E-state index is -0.985. The SMILES string of the molecule is Cc1c(Cl)cccc1-n1nnnc1CC(=O)O. The molecule has 0 amide bonds. The molecule has 0 unspecified atom stereocenters. The summed E-state index contributed by atoms with van der Waals surface area (Å²) in [5.74, 6) is -0.719.